The minimum Gasteiger partial charge on any atom is -0.355 e. The van der Waals surface area contributed by atoms with Crippen molar-refractivity contribution in [3.05, 3.63) is 240 Å². The van der Waals surface area contributed by atoms with Crippen molar-refractivity contribution >= 4 is 147 Å². The van der Waals surface area contributed by atoms with Gasteiger partial charge in [-0.3, -0.25) is 28.9 Å². The highest BCUT2D eigenvalue weighted by Gasteiger charge is 2.17. The molecule has 0 atom stereocenters. The Labute approximate surface area is 489 Å². The van der Waals surface area contributed by atoms with E-state index in [1.54, 1.807) is 24.3 Å². The second kappa shape index (κ2) is 29.6. The first-order valence-corrected chi connectivity index (χ1v) is 27.2. The van der Waals surface area contributed by atoms with Gasteiger partial charge in [-0.05, 0) is 226 Å². The van der Waals surface area contributed by atoms with Crippen molar-refractivity contribution in [2.45, 2.75) is 34.0 Å². The molecular weight excluding hydrogens is 1380 g/mol. The van der Waals surface area contributed by atoms with Crippen LogP contribution in [0, 0.1) is 37.3 Å². The molecule has 0 heterocycles. The van der Waals surface area contributed by atoms with E-state index < -0.39 is 11.7 Å². The number of benzene rings is 8. The van der Waals surface area contributed by atoms with Gasteiger partial charge in [0.25, 0.3) is 17.7 Å². The van der Waals surface area contributed by atoms with Crippen molar-refractivity contribution in [3.8, 4) is 0 Å². The largest absolute Gasteiger partial charge is 0.355 e. The van der Waals surface area contributed by atoms with E-state index in [2.05, 4.69) is 133 Å². The van der Waals surface area contributed by atoms with Crippen LogP contribution in [-0.2, 0) is 27.7 Å². The molecule has 0 saturated heterocycles. The summed E-state index contributed by atoms with van der Waals surface area (Å²) in [4.78, 5) is 52.4. The average molecular weight is 1430 g/mol. The van der Waals surface area contributed by atoms with Gasteiger partial charge in [0.1, 0.15) is 5.82 Å². The topological polar surface area (TPSA) is 151 Å². The predicted octanol–water partition coefficient (Wildman–Crippen LogP) is 15.6. The lowest BCUT2D eigenvalue weighted by Crippen LogP contribution is -2.24. The number of hydroxylamine groups is 3. The fraction of sp³-hybridized carbons (Fsp3) is 0.105. The summed E-state index contributed by atoms with van der Waals surface area (Å²) < 4.78 is 18.1. The molecular formula is C57H50BrClFI3N6O6. The number of hydrogen-bond acceptors (Lipinski definition) is 9. The van der Waals surface area contributed by atoms with Gasteiger partial charge in [0.15, 0.2) is 0 Å². The van der Waals surface area contributed by atoms with E-state index in [0.717, 1.165) is 60.1 Å². The number of nitrogens with one attached hydrogen (secondary N) is 6. The number of rotatable bonds is 16. The Bertz CT molecular complexity index is 3100. The van der Waals surface area contributed by atoms with Gasteiger partial charge in [0.05, 0.1) is 54.1 Å². The second-order valence-corrected chi connectivity index (χ2v) is 21.5. The van der Waals surface area contributed by atoms with Crippen molar-refractivity contribution in [2.24, 2.45) is 0 Å². The highest BCUT2D eigenvalue weighted by molar-refractivity contribution is 14.1. The second-order valence-electron chi connectivity index (χ2n) is 16.4. The van der Waals surface area contributed by atoms with Gasteiger partial charge in [-0.1, -0.05) is 88.2 Å². The van der Waals surface area contributed by atoms with Gasteiger partial charge in [0.2, 0.25) is 0 Å². The first kappa shape index (κ1) is 58.6. The summed E-state index contributed by atoms with van der Waals surface area (Å²) in [6.45, 7) is 6.54. The van der Waals surface area contributed by atoms with Crippen LogP contribution in [-0.4, -0.2) is 24.8 Å². The Morgan fingerprint density at radius 1 is 0.480 bits per heavy atom. The van der Waals surface area contributed by atoms with Crippen molar-refractivity contribution in [2.75, 3.05) is 23.1 Å². The lowest BCUT2D eigenvalue weighted by molar-refractivity contribution is 0.0232. The monoisotopic (exact) mass is 1430 g/mol. The van der Waals surface area contributed by atoms with E-state index in [4.69, 9.17) is 21.3 Å². The van der Waals surface area contributed by atoms with Crippen LogP contribution in [0.2, 0.25) is 5.02 Å². The minimum atomic E-state index is -0.448. The molecule has 0 spiro atoms. The zero-order valence-electron chi connectivity index (χ0n) is 40.8. The molecule has 3 amide bonds. The predicted molar refractivity (Wildman–Crippen MR) is 325 cm³/mol. The third-order valence-corrected chi connectivity index (χ3v) is 13.5. The van der Waals surface area contributed by atoms with Crippen molar-refractivity contribution < 1.29 is 33.3 Å². The zero-order valence-corrected chi connectivity index (χ0v) is 49.6. The molecule has 0 aliphatic carbocycles. The van der Waals surface area contributed by atoms with Crippen molar-refractivity contribution in [1.29, 1.82) is 0 Å². The molecule has 6 N–H and O–H groups in total. The number of anilines is 6. The summed E-state index contributed by atoms with van der Waals surface area (Å²) in [6, 6.07) is 51.7. The van der Waals surface area contributed by atoms with Crippen LogP contribution in [0.5, 0.6) is 0 Å². The van der Waals surface area contributed by atoms with Crippen LogP contribution >= 0.6 is 95.3 Å². The van der Waals surface area contributed by atoms with Gasteiger partial charge in [-0.2, -0.15) is 0 Å². The first-order chi connectivity index (χ1) is 36.1. The van der Waals surface area contributed by atoms with Gasteiger partial charge >= 0.3 is 0 Å². The maximum Gasteiger partial charge on any atom is 0.276 e. The Balaban J connectivity index is 0.000000185. The average Bonchev–Trinajstić information content (AvgIpc) is 3.38. The molecule has 0 aromatic heterocycles. The van der Waals surface area contributed by atoms with Crippen LogP contribution in [0.15, 0.2) is 174 Å². The third kappa shape index (κ3) is 18.5. The maximum absolute atomic E-state index is 13.7. The Morgan fingerprint density at radius 2 is 0.893 bits per heavy atom. The summed E-state index contributed by atoms with van der Waals surface area (Å²) in [6.07, 6.45) is 0. The number of carbonyl (C=O) groups is 3. The maximum atomic E-state index is 13.7. The lowest BCUT2D eigenvalue weighted by atomic mass is 10.1. The molecule has 0 radical (unpaired) electrons. The van der Waals surface area contributed by atoms with E-state index >= 15 is 0 Å². The molecule has 0 aliphatic rings. The number of hydrogen-bond donors (Lipinski definition) is 6. The van der Waals surface area contributed by atoms with Gasteiger partial charge in [-0.25, -0.2) is 20.8 Å². The highest BCUT2D eigenvalue weighted by Crippen LogP contribution is 2.30. The molecule has 12 nitrogen and oxygen atoms in total. The molecule has 18 heteroatoms. The van der Waals surface area contributed by atoms with E-state index in [1.165, 1.54) is 25.3 Å². The molecule has 0 unspecified atom stereocenters. The summed E-state index contributed by atoms with van der Waals surface area (Å²) in [7, 11) is 1.39. The SMILES string of the molecule is CONC(=O)c1cc(Cl)ccc1Nc1ccc(I)cc1C.Cc1cc(I)ccc1Nc1cc(Br)ccc1C(=O)NOCc1ccccc1.Cc1cc(I)ccc1Nc1cc(F)ccc1C(=O)NOCc1ccccc1. The van der Waals surface area contributed by atoms with Crippen LogP contribution in [0.1, 0.15) is 58.9 Å². The van der Waals surface area contributed by atoms with Gasteiger partial charge < -0.3 is 16.0 Å². The molecule has 8 aromatic rings. The smallest absolute Gasteiger partial charge is 0.276 e. The Hall–Kier alpha value is -5.66. The van der Waals surface area contributed by atoms with Gasteiger partial charge in [0, 0.05) is 37.3 Å². The number of halogens is 6. The van der Waals surface area contributed by atoms with E-state index in [9.17, 15) is 18.8 Å². The summed E-state index contributed by atoms with van der Waals surface area (Å²) in [5.41, 5.74) is 18.0. The highest BCUT2D eigenvalue weighted by atomic mass is 127. The first-order valence-electron chi connectivity index (χ1n) is 22.8. The van der Waals surface area contributed by atoms with Crippen molar-refractivity contribution in [3.63, 3.8) is 0 Å². The van der Waals surface area contributed by atoms with Crippen LogP contribution in [0.3, 0.4) is 0 Å². The van der Waals surface area contributed by atoms with Crippen LogP contribution in [0.25, 0.3) is 0 Å². The van der Waals surface area contributed by atoms with Crippen LogP contribution in [0.4, 0.5) is 38.5 Å². The quantitative estimate of drug-likeness (QED) is 0.0410. The molecule has 75 heavy (non-hydrogen) atoms. The minimum absolute atomic E-state index is 0.243. The standard InChI is InChI=1S/C21H18BrIN2O2.C21H18FIN2O2.C15H14ClIN2O2/c2*1-14-11-17(23)8-10-19(14)24-20-12-16(22)7-9-18(20)21(26)25-27-13-15-5-3-2-4-6-15;1-9-7-11(17)4-6-13(9)18-14-5-3-10(16)8-12(14)15(20)19-21-2/h2*2-12,24H,13H2,1H3,(H,25,26);3-8,18H,1-2H3,(H,19,20). The lowest BCUT2D eigenvalue weighted by Gasteiger charge is -2.15. The third-order valence-electron chi connectivity index (χ3n) is 10.7. The molecule has 0 saturated carbocycles. The number of aryl methyl sites for hydroxylation is 3. The zero-order chi connectivity index (χ0) is 53.9. The summed E-state index contributed by atoms with van der Waals surface area (Å²) in [5.74, 6) is -1.53. The molecule has 0 aliphatic heterocycles. The Kier molecular flexibility index (Phi) is 23.1. The molecule has 8 rings (SSSR count). The summed E-state index contributed by atoms with van der Waals surface area (Å²) in [5, 5.41) is 10.2. The van der Waals surface area contributed by atoms with E-state index in [0.29, 0.717) is 45.4 Å². The summed E-state index contributed by atoms with van der Waals surface area (Å²) >= 11 is 16.2. The molecule has 0 bridgehead atoms. The fourth-order valence-electron chi connectivity index (χ4n) is 6.96. The van der Waals surface area contributed by atoms with Crippen molar-refractivity contribution in [1.82, 2.24) is 16.4 Å². The Morgan fingerprint density at radius 3 is 1.35 bits per heavy atom. The number of carbonyl (C=O) groups excluding carboxylic acids is 3. The van der Waals surface area contributed by atoms with E-state index in [-0.39, 0.29) is 18.4 Å². The fourth-order valence-corrected chi connectivity index (χ4v) is 9.44. The normalized spacial score (nSPS) is 10.4. The molecule has 8 aromatic carbocycles. The number of amides is 3. The van der Waals surface area contributed by atoms with E-state index in [1.807, 2.05) is 136 Å². The van der Waals surface area contributed by atoms with Crippen LogP contribution < -0.4 is 32.4 Å². The van der Waals surface area contributed by atoms with Gasteiger partial charge in [-0.15, -0.1) is 0 Å². The molecule has 0 fully saturated rings. The molecule has 386 valence electrons.